The third-order valence-electron chi connectivity index (χ3n) is 3.41. The maximum absolute atomic E-state index is 12.0. The van der Waals surface area contributed by atoms with Crippen molar-refractivity contribution in [1.82, 2.24) is 14.4 Å². The van der Waals surface area contributed by atoms with Gasteiger partial charge in [-0.25, -0.2) is 14.8 Å². The summed E-state index contributed by atoms with van der Waals surface area (Å²) in [6.07, 6.45) is 5.52. The van der Waals surface area contributed by atoms with E-state index in [0.717, 1.165) is 16.3 Å². The van der Waals surface area contributed by atoms with Crippen LogP contribution in [0.5, 0.6) is 0 Å². The van der Waals surface area contributed by atoms with Gasteiger partial charge in [0.05, 0.1) is 10.7 Å². The normalized spacial score (nSPS) is 10.7. The van der Waals surface area contributed by atoms with Gasteiger partial charge in [-0.05, 0) is 35.7 Å². The van der Waals surface area contributed by atoms with E-state index in [1.54, 1.807) is 6.20 Å². The summed E-state index contributed by atoms with van der Waals surface area (Å²) in [6, 6.07) is 12.9. The molecule has 4 aromatic rings. The molecule has 0 saturated carbocycles. The van der Waals surface area contributed by atoms with E-state index in [2.05, 4.69) is 20.6 Å². The molecule has 0 aliphatic heterocycles. The lowest BCUT2D eigenvalue weighted by Crippen LogP contribution is -2.18. The van der Waals surface area contributed by atoms with E-state index in [1.807, 2.05) is 64.6 Å². The summed E-state index contributed by atoms with van der Waals surface area (Å²) in [5, 5.41) is 8.33. The second kappa shape index (κ2) is 6.13. The van der Waals surface area contributed by atoms with Crippen LogP contribution in [0.4, 0.5) is 15.5 Å². The minimum absolute atomic E-state index is 0.272. The fourth-order valence-electron chi connectivity index (χ4n) is 2.35. The lowest BCUT2D eigenvalue weighted by atomic mass is 10.1. The summed E-state index contributed by atoms with van der Waals surface area (Å²) in [5.41, 5.74) is 2.41. The molecule has 0 spiro atoms. The molecular formula is C17H13N5OS. The molecule has 3 heterocycles. The first-order valence-corrected chi connectivity index (χ1v) is 8.17. The Morgan fingerprint density at radius 1 is 1.12 bits per heavy atom. The highest BCUT2D eigenvalue weighted by molar-refractivity contribution is 7.14. The number of carbonyl (C=O) groups is 1. The van der Waals surface area contributed by atoms with Gasteiger partial charge in [0.25, 0.3) is 0 Å². The van der Waals surface area contributed by atoms with Crippen LogP contribution in [0.1, 0.15) is 0 Å². The molecule has 24 heavy (non-hydrogen) atoms. The zero-order valence-electron chi connectivity index (χ0n) is 12.5. The Morgan fingerprint density at radius 3 is 2.92 bits per heavy atom. The Morgan fingerprint density at radius 2 is 2.08 bits per heavy atom. The van der Waals surface area contributed by atoms with Crippen LogP contribution < -0.4 is 10.6 Å². The molecule has 0 fully saturated rings. The first-order valence-electron chi connectivity index (χ1n) is 7.30. The Labute approximate surface area is 141 Å². The fraction of sp³-hybridized carbons (Fsp3) is 0. The maximum Gasteiger partial charge on any atom is 0.324 e. The van der Waals surface area contributed by atoms with E-state index >= 15 is 0 Å². The predicted molar refractivity (Wildman–Crippen MR) is 95.4 cm³/mol. The molecule has 4 rings (SSSR count). The monoisotopic (exact) mass is 335 g/mol. The molecule has 0 unspecified atom stereocenters. The van der Waals surface area contributed by atoms with Gasteiger partial charge >= 0.3 is 6.03 Å². The number of anilines is 2. The number of hydrogen-bond donors (Lipinski definition) is 2. The SMILES string of the molecule is O=C(Nc1cccc(-c2cn3cccnc3n2)c1)Nc1cccs1. The number of urea groups is 1. The average molecular weight is 335 g/mol. The van der Waals surface area contributed by atoms with E-state index in [1.165, 1.54) is 11.3 Å². The number of nitrogens with one attached hydrogen (secondary N) is 2. The van der Waals surface area contributed by atoms with Crippen LogP contribution in [0.15, 0.2) is 66.4 Å². The molecule has 0 saturated heterocycles. The zero-order valence-corrected chi connectivity index (χ0v) is 13.3. The van der Waals surface area contributed by atoms with Crippen molar-refractivity contribution in [1.29, 1.82) is 0 Å². The van der Waals surface area contributed by atoms with Gasteiger partial charge in [0.1, 0.15) is 0 Å². The van der Waals surface area contributed by atoms with Crippen molar-refractivity contribution in [3.05, 3.63) is 66.4 Å². The molecule has 1 aromatic carbocycles. The lowest BCUT2D eigenvalue weighted by Gasteiger charge is -2.07. The molecule has 7 heteroatoms. The number of nitrogens with zero attached hydrogens (tertiary/aromatic N) is 3. The molecule has 0 atom stereocenters. The van der Waals surface area contributed by atoms with Crippen molar-refractivity contribution >= 4 is 33.8 Å². The Hall–Kier alpha value is -3.19. The Balaban J connectivity index is 1.55. The fourth-order valence-corrected chi connectivity index (χ4v) is 2.96. The summed E-state index contributed by atoms with van der Waals surface area (Å²) in [5.74, 6) is 0.640. The molecule has 2 N–H and O–H groups in total. The lowest BCUT2D eigenvalue weighted by molar-refractivity contribution is 0.262. The molecule has 118 valence electrons. The van der Waals surface area contributed by atoms with Crippen molar-refractivity contribution in [3.8, 4) is 11.3 Å². The summed E-state index contributed by atoms with van der Waals surface area (Å²) >= 11 is 1.47. The van der Waals surface area contributed by atoms with Gasteiger partial charge in [-0.1, -0.05) is 12.1 Å². The number of fused-ring (bicyclic) bond motifs is 1. The van der Waals surface area contributed by atoms with Crippen molar-refractivity contribution in [2.45, 2.75) is 0 Å². The van der Waals surface area contributed by atoms with Crippen LogP contribution in [-0.2, 0) is 0 Å². The summed E-state index contributed by atoms with van der Waals surface area (Å²) in [4.78, 5) is 20.7. The molecule has 6 nitrogen and oxygen atoms in total. The molecule has 0 aliphatic rings. The van der Waals surface area contributed by atoms with Gasteiger partial charge in [0, 0.05) is 29.8 Å². The number of aromatic nitrogens is 3. The van der Waals surface area contributed by atoms with Gasteiger partial charge in [-0.15, -0.1) is 11.3 Å². The van der Waals surface area contributed by atoms with Gasteiger partial charge in [-0.2, -0.15) is 0 Å². The first-order chi connectivity index (χ1) is 11.8. The van der Waals surface area contributed by atoms with Gasteiger partial charge in [0.15, 0.2) is 0 Å². The number of benzene rings is 1. The second-order valence-electron chi connectivity index (χ2n) is 5.09. The minimum atomic E-state index is -0.272. The number of thiophene rings is 1. The molecular weight excluding hydrogens is 322 g/mol. The van der Waals surface area contributed by atoms with Gasteiger partial charge in [0.2, 0.25) is 5.78 Å². The zero-order chi connectivity index (χ0) is 16.4. The van der Waals surface area contributed by atoms with Crippen LogP contribution in [0.25, 0.3) is 17.0 Å². The first kappa shape index (κ1) is 14.4. The van der Waals surface area contributed by atoms with E-state index in [-0.39, 0.29) is 6.03 Å². The second-order valence-corrected chi connectivity index (χ2v) is 6.04. The molecule has 0 bridgehead atoms. The third-order valence-corrected chi connectivity index (χ3v) is 4.19. The highest BCUT2D eigenvalue weighted by Crippen LogP contribution is 2.22. The molecule has 2 amide bonds. The van der Waals surface area contributed by atoms with E-state index in [4.69, 9.17) is 0 Å². The number of amides is 2. The van der Waals surface area contributed by atoms with E-state index in [9.17, 15) is 4.79 Å². The van der Waals surface area contributed by atoms with Gasteiger partial charge in [-0.3, -0.25) is 9.72 Å². The highest BCUT2D eigenvalue weighted by Gasteiger charge is 2.07. The summed E-state index contributed by atoms with van der Waals surface area (Å²) < 4.78 is 1.86. The minimum Gasteiger partial charge on any atom is -0.308 e. The van der Waals surface area contributed by atoms with Crippen LogP contribution >= 0.6 is 11.3 Å². The largest absolute Gasteiger partial charge is 0.324 e. The molecule has 0 aliphatic carbocycles. The maximum atomic E-state index is 12.0. The van der Waals surface area contributed by atoms with Crippen molar-refractivity contribution < 1.29 is 4.79 Å². The van der Waals surface area contributed by atoms with E-state index < -0.39 is 0 Å². The third kappa shape index (κ3) is 2.97. The van der Waals surface area contributed by atoms with E-state index in [0.29, 0.717) is 11.5 Å². The number of carbonyl (C=O) groups excluding carboxylic acids is 1. The smallest absolute Gasteiger partial charge is 0.308 e. The number of imidazole rings is 1. The molecule has 3 aromatic heterocycles. The molecule has 0 radical (unpaired) electrons. The van der Waals surface area contributed by atoms with Gasteiger partial charge < -0.3 is 5.32 Å². The van der Waals surface area contributed by atoms with Crippen LogP contribution in [0.2, 0.25) is 0 Å². The highest BCUT2D eigenvalue weighted by atomic mass is 32.1. The Bertz CT molecular complexity index is 960. The van der Waals surface area contributed by atoms with Crippen molar-refractivity contribution in [2.75, 3.05) is 10.6 Å². The quantitative estimate of drug-likeness (QED) is 0.592. The standard InChI is InChI=1S/C17H13N5OS/c23-17(21-15-6-2-9-24-15)19-13-5-1-4-12(10-13)14-11-22-8-3-7-18-16(22)20-14/h1-11H,(H2,19,21,23). The van der Waals surface area contributed by atoms with Crippen LogP contribution in [-0.4, -0.2) is 20.4 Å². The Kier molecular flexibility index (Phi) is 3.68. The van der Waals surface area contributed by atoms with Crippen molar-refractivity contribution in [3.63, 3.8) is 0 Å². The van der Waals surface area contributed by atoms with Crippen LogP contribution in [0, 0.1) is 0 Å². The predicted octanol–water partition coefficient (Wildman–Crippen LogP) is 4.10. The summed E-state index contributed by atoms with van der Waals surface area (Å²) in [7, 11) is 0. The van der Waals surface area contributed by atoms with Crippen molar-refractivity contribution in [2.24, 2.45) is 0 Å². The number of hydrogen-bond acceptors (Lipinski definition) is 4. The average Bonchev–Trinajstić information content (AvgIpc) is 3.24. The number of rotatable bonds is 3. The topological polar surface area (TPSA) is 71.3 Å². The summed E-state index contributed by atoms with van der Waals surface area (Å²) in [6.45, 7) is 0. The van der Waals surface area contributed by atoms with Crippen LogP contribution in [0.3, 0.4) is 0 Å².